The molecule has 1 aliphatic heterocycles. The fourth-order valence-corrected chi connectivity index (χ4v) is 5.01. The van der Waals surface area contributed by atoms with Gasteiger partial charge in [-0.05, 0) is 43.4 Å². The number of rotatable bonds is 3. The summed E-state index contributed by atoms with van der Waals surface area (Å²) in [7, 11) is 0. The van der Waals surface area contributed by atoms with Crippen LogP contribution in [-0.2, 0) is 9.59 Å². The summed E-state index contributed by atoms with van der Waals surface area (Å²) in [6.07, 6.45) is 3.50. The molecule has 2 fully saturated rings. The minimum absolute atomic E-state index is 0.0725. The number of nitrogens with one attached hydrogen (secondary N) is 2. The topological polar surface area (TPSA) is 91.4 Å². The average molecular weight is 386 g/mol. The number of anilines is 1. The first-order valence-electron chi connectivity index (χ1n) is 9.20. The Morgan fingerprint density at radius 1 is 1.41 bits per heavy atom. The Labute approximate surface area is 161 Å². The lowest BCUT2D eigenvalue weighted by atomic mass is 9.73. The highest BCUT2D eigenvalue weighted by molar-refractivity contribution is 7.22. The van der Waals surface area contributed by atoms with Gasteiger partial charge in [0.1, 0.15) is 12.1 Å². The third kappa shape index (κ3) is 3.07. The Morgan fingerprint density at radius 2 is 2.22 bits per heavy atom. The zero-order valence-electron chi connectivity index (χ0n) is 15.4. The quantitative estimate of drug-likeness (QED) is 0.793. The minimum atomic E-state index is -0.844. The largest absolute Gasteiger partial charge is 0.325 e. The molecule has 2 unspecified atom stereocenters. The van der Waals surface area contributed by atoms with E-state index in [4.69, 9.17) is 0 Å². The molecule has 2 heterocycles. The smallest absolute Gasteiger partial charge is 0.323 e. The molecule has 7 nitrogen and oxygen atoms in total. The number of fused-ring (bicyclic) bond motifs is 1. The summed E-state index contributed by atoms with van der Waals surface area (Å²) in [6.45, 7) is 3.69. The van der Waals surface area contributed by atoms with E-state index in [-0.39, 0.29) is 18.4 Å². The highest BCUT2D eigenvalue weighted by Crippen LogP contribution is 2.38. The van der Waals surface area contributed by atoms with Crippen LogP contribution in [0.25, 0.3) is 10.2 Å². The monoisotopic (exact) mass is 386 g/mol. The predicted molar refractivity (Wildman–Crippen MR) is 104 cm³/mol. The summed E-state index contributed by atoms with van der Waals surface area (Å²) in [5.74, 6) is -0.632. The molecule has 4 amide bonds. The molecule has 8 heteroatoms. The number of aromatic nitrogens is 1. The number of benzene rings is 1. The van der Waals surface area contributed by atoms with Gasteiger partial charge in [0.25, 0.3) is 5.91 Å². The van der Waals surface area contributed by atoms with Gasteiger partial charge in [-0.1, -0.05) is 37.2 Å². The molecule has 0 bridgehead atoms. The van der Waals surface area contributed by atoms with Crippen LogP contribution in [0.3, 0.4) is 0 Å². The Kier molecular flexibility index (Phi) is 4.38. The maximum atomic E-state index is 12.9. The lowest BCUT2D eigenvalue weighted by Crippen LogP contribution is -2.54. The van der Waals surface area contributed by atoms with Crippen molar-refractivity contribution < 1.29 is 14.4 Å². The second kappa shape index (κ2) is 6.60. The van der Waals surface area contributed by atoms with E-state index in [0.29, 0.717) is 11.6 Å². The van der Waals surface area contributed by atoms with Crippen LogP contribution in [0.1, 0.15) is 38.2 Å². The van der Waals surface area contributed by atoms with E-state index in [0.717, 1.165) is 39.9 Å². The van der Waals surface area contributed by atoms with Crippen LogP contribution in [0.5, 0.6) is 0 Å². The van der Waals surface area contributed by atoms with Crippen molar-refractivity contribution in [3.63, 3.8) is 0 Å². The molecule has 2 aliphatic rings. The van der Waals surface area contributed by atoms with Gasteiger partial charge < -0.3 is 10.6 Å². The number of urea groups is 1. The number of imide groups is 1. The maximum Gasteiger partial charge on any atom is 0.325 e. The summed E-state index contributed by atoms with van der Waals surface area (Å²) in [5, 5.41) is 6.04. The van der Waals surface area contributed by atoms with Crippen molar-refractivity contribution in [3.05, 3.63) is 23.8 Å². The van der Waals surface area contributed by atoms with Crippen LogP contribution >= 0.6 is 11.3 Å². The molecule has 1 aromatic heterocycles. The number of thiazole rings is 1. The molecule has 2 atom stereocenters. The van der Waals surface area contributed by atoms with Crippen LogP contribution in [0.2, 0.25) is 0 Å². The Bertz CT molecular complexity index is 940. The summed E-state index contributed by atoms with van der Waals surface area (Å²) >= 11 is 1.37. The summed E-state index contributed by atoms with van der Waals surface area (Å²) in [5.41, 5.74) is 1.09. The van der Waals surface area contributed by atoms with Crippen LogP contribution in [-0.4, -0.2) is 39.8 Å². The fraction of sp³-hybridized carbons (Fsp3) is 0.474. The molecule has 1 aliphatic carbocycles. The van der Waals surface area contributed by atoms with Gasteiger partial charge in [0, 0.05) is 0 Å². The van der Waals surface area contributed by atoms with E-state index >= 15 is 0 Å². The second-order valence-electron chi connectivity index (χ2n) is 7.48. The molecule has 1 saturated carbocycles. The van der Waals surface area contributed by atoms with E-state index in [2.05, 4.69) is 15.6 Å². The summed E-state index contributed by atoms with van der Waals surface area (Å²) in [6, 6.07) is 5.39. The lowest BCUT2D eigenvalue weighted by molar-refractivity contribution is -0.136. The summed E-state index contributed by atoms with van der Waals surface area (Å²) in [4.78, 5) is 43.1. The first-order chi connectivity index (χ1) is 12.9. The molecule has 4 rings (SSSR count). The standard InChI is InChI=1S/C19H22N4O3S/c1-11-6-7-13-14(9-11)27-17(20-13)21-15(24)10-23-16(25)19(22-18(23)26)8-4-3-5-12(19)2/h6-7,9,12H,3-5,8,10H2,1-2H3,(H,22,26)(H,20,21,24). The van der Waals surface area contributed by atoms with Gasteiger partial charge in [-0.15, -0.1) is 0 Å². The van der Waals surface area contributed by atoms with Crippen LogP contribution < -0.4 is 10.6 Å². The first kappa shape index (κ1) is 17.9. The van der Waals surface area contributed by atoms with Crippen molar-refractivity contribution in [2.75, 3.05) is 11.9 Å². The molecule has 0 radical (unpaired) electrons. The third-order valence-electron chi connectivity index (χ3n) is 5.59. The van der Waals surface area contributed by atoms with Crippen LogP contribution in [0.4, 0.5) is 9.93 Å². The molecule has 2 aromatic rings. The number of carbonyl (C=O) groups is 3. The van der Waals surface area contributed by atoms with E-state index in [1.54, 1.807) is 0 Å². The van der Waals surface area contributed by atoms with Gasteiger partial charge in [0.2, 0.25) is 5.91 Å². The normalized spacial score (nSPS) is 25.3. The fourth-order valence-electron chi connectivity index (χ4n) is 4.03. The van der Waals surface area contributed by atoms with Gasteiger partial charge in [-0.2, -0.15) is 0 Å². The predicted octanol–water partition coefficient (Wildman–Crippen LogP) is 3.04. The lowest BCUT2D eigenvalue weighted by Gasteiger charge is -2.36. The molecule has 27 heavy (non-hydrogen) atoms. The third-order valence-corrected chi connectivity index (χ3v) is 6.53. The van der Waals surface area contributed by atoms with Crippen molar-refractivity contribution in [2.24, 2.45) is 5.92 Å². The average Bonchev–Trinajstić information content (AvgIpc) is 3.11. The Morgan fingerprint density at radius 3 is 3.00 bits per heavy atom. The van der Waals surface area contributed by atoms with Gasteiger partial charge in [-0.25, -0.2) is 9.78 Å². The minimum Gasteiger partial charge on any atom is -0.323 e. The van der Waals surface area contributed by atoms with E-state index in [9.17, 15) is 14.4 Å². The molecule has 1 saturated heterocycles. The highest BCUT2D eigenvalue weighted by Gasteiger charge is 2.55. The van der Waals surface area contributed by atoms with Crippen LogP contribution in [0.15, 0.2) is 18.2 Å². The summed E-state index contributed by atoms with van der Waals surface area (Å²) < 4.78 is 0.982. The molecular weight excluding hydrogens is 364 g/mol. The van der Waals surface area contributed by atoms with E-state index < -0.39 is 17.5 Å². The number of hydrogen-bond acceptors (Lipinski definition) is 5. The van der Waals surface area contributed by atoms with Gasteiger partial charge in [-0.3, -0.25) is 14.5 Å². The number of nitrogens with zero attached hydrogens (tertiary/aromatic N) is 2. The second-order valence-corrected chi connectivity index (χ2v) is 8.51. The van der Waals surface area contributed by atoms with Crippen LogP contribution in [0, 0.1) is 12.8 Å². The zero-order valence-corrected chi connectivity index (χ0v) is 16.2. The van der Waals surface area contributed by atoms with E-state index in [1.807, 2.05) is 32.0 Å². The van der Waals surface area contributed by atoms with Gasteiger partial charge >= 0.3 is 6.03 Å². The van der Waals surface area contributed by atoms with Crippen molar-refractivity contribution in [3.8, 4) is 0 Å². The Balaban J connectivity index is 1.47. The van der Waals surface area contributed by atoms with Crippen molar-refractivity contribution in [2.45, 2.75) is 45.1 Å². The van der Waals surface area contributed by atoms with Crippen molar-refractivity contribution in [1.29, 1.82) is 0 Å². The van der Waals surface area contributed by atoms with Crippen molar-refractivity contribution >= 4 is 44.5 Å². The SMILES string of the molecule is Cc1ccc2nc(NC(=O)CN3C(=O)NC4(CCCCC4C)C3=O)sc2c1. The van der Waals surface area contributed by atoms with Gasteiger partial charge in [0.15, 0.2) is 5.13 Å². The molecule has 1 aromatic carbocycles. The molecule has 142 valence electrons. The zero-order chi connectivity index (χ0) is 19.2. The Hall–Kier alpha value is -2.48. The highest BCUT2D eigenvalue weighted by atomic mass is 32.1. The number of carbonyl (C=O) groups excluding carboxylic acids is 3. The maximum absolute atomic E-state index is 12.9. The number of amides is 4. The molecular formula is C19H22N4O3S. The first-order valence-corrected chi connectivity index (χ1v) is 10.0. The van der Waals surface area contributed by atoms with Gasteiger partial charge in [0.05, 0.1) is 10.2 Å². The van der Waals surface area contributed by atoms with E-state index in [1.165, 1.54) is 11.3 Å². The van der Waals surface area contributed by atoms with Crippen molar-refractivity contribution in [1.82, 2.24) is 15.2 Å². The molecule has 2 N–H and O–H groups in total. The number of hydrogen-bond donors (Lipinski definition) is 2. The molecule has 1 spiro atoms. The number of aryl methyl sites for hydroxylation is 1.